The molecule has 5 rings (SSSR count). The Kier molecular flexibility index (Phi) is 4.29. The largest absolute Gasteiger partial charge is 0.477 e. The highest BCUT2D eigenvalue weighted by Crippen LogP contribution is 2.39. The molecule has 0 spiro atoms. The summed E-state index contributed by atoms with van der Waals surface area (Å²) in [6, 6.07) is 14.5. The molecule has 0 bridgehead atoms. The molecule has 1 aromatic carbocycles. The molecular formula is C22H18N5O3+. The molecule has 0 radical (unpaired) electrons. The number of nitriles is 1. The van der Waals surface area contributed by atoms with E-state index in [0.29, 0.717) is 34.4 Å². The number of pyridine rings is 1. The van der Waals surface area contributed by atoms with Crippen molar-refractivity contribution in [2.24, 2.45) is 0 Å². The first-order valence-electron chi connectivity index (χ1n) is 9.75. The van der Waals surface area contributed by atoms with E-state index in [4.69, 9.17) is 9.78 Å². The van der Waals surface area contributed by atoms with Crippen molar-refractivity contribution in [1.29, 1.82) is 5.26 Å². The molecule has 4 aromatic rings. The molecule has 0 amide bonds. The molecule has 1 aliphatic rings. The summed E-state index contributed by atoms with van der Waals surface area (Å²) in [6.45, 7) is 0.262. The summed E-state index contributed by atoms with van der Waals surface area (Å²) in [5, 5.41) is 24.0. The van der Waals surface area contributed by atoms with E-state index in [1.807, 2.05) is 6.07 Å². The average molecular weight is 400 g/mol. The van der Waals surface area contributed by atoms with Crippen molar-refractivity contribution in [3.05, 3.63) is 64.9 Å². The zero-order chi connectivity index (χ0) is 20.7. The van der Waals surface area contributed by atoms with Gasteiger partial charge in [-0.15, -0.1) is 0 Å². The number of hydrogen-bond acceptors (Lipinski definition) is 6. The summed E-state index contributed by atoms with van der Waals surface area (Å²) in [4.78, 5) is 17.7. The quantitative estimate of drug-likeness (QED) is 0.516. The fourth-order valence-electron chi connectivity index (χ4n) is 3.58. The fraction of sp³-hybridized carbons (Fsp3) is 0.227. The van der Waals surface area contributed by atoms with E-state index < -0.39 is 0 Å². The Morgan fingerprint density at radius 2 is 2.07 bits per heavy atom. The zero-order valence-electron chi connectivity index (χ0n) is 16.0. The molecule has 1 N–H and O–H groups in total. The lowest BCUT2D eigenvalue weighted by Gasteiger charge is -2.09. The first kappa shape index (κ1) is 18.1. The molecule has 30 heavy (non-hydrogen) atoms. The third-order valence-corrected chi connectivity index (χ3v) is 5.25. The van der Waals surface area contributed by atoms with Crippen LogP contribution < -0.4 is 10.1 Å². The number of aromatic nitrogens is 4. The highest BCUT2D eigenvalue weighted by atomic mass is 16.5. The van der Waals surface area contributed by atoms with Crippen LogP contribution in [0.4, 0.5) is 0 Å². The third-order valence-electron chi connectivity index (χ3n) is 5.25. The topological polar surface area (TPSA) is 108 Å². The lowest BCUT2D eigenvalue weighted by atomic mass is 10.0. The normalized spacial score (nSPS) is 13.4. The Labute approximate surface area is 171 Å². The van der Waals surface area contributed by atoms with Gasteiger partial charge in [0.2, 0.25) is 11.7 Å². The molecule has 1 saturated carbocycles. The van der Waals surface area contributed by atoms with Gasteiger partial charge in [-0.3, -0.25) is 0 Å². The van der Waals surface area contributed by atoms with Crippen molar-refractivity contribution in [3.63, 3.8) is 0 Å². The number of nitrogens with zero attached hydrogens (tertiary/aromatic N) is 5. The Morgan fingerprint density at radius 3 is 2.87 bits per heavy atom. The second-order valence-electron chi connectivity index (χ2n) is 7.30. The van der Waals surface area contributed by atoms with Crippen molar-refractivity contribution in [3.8, 4) is 34.5 Å². The molecule has 8 heteroatoms. The molecule has 3 heterocycles. The second-order valence-corrected chi connectivity index (χ2v) is 7.30. The van der Waals surface area contributed by atoms with E-state index in [0.717, 1.165) is 12.8 Å². The summed E-state index contributed by atoms with van der Waals surface area (Å²) in [5.74, 6) is 1.27. The van der Waals surface area contributed by atoms with Gasteiger partial charge < -0.3 is 9.63 Å². The lowest BCUT2D eigenvalue weighted by molar-refractivity contribution is -0.679. The number of hydrogen-bond donors (Lipinski definition) is 1. The molecule has 0 atom stereocenters. The van der Waals surface area contributed by atoms with Crippen LogP contribution >= 0.6 is 0 Å². The van der Waals surface area contributed by atoms with Gasteiger partial charge in [-0.1, -0.05) is 29.4 Å². The van der Waals surface area contributed by atoms with Crippen LogP contribution in [0.3, 0.4) is 0 Å². The number of benzene rings is 1. The smallest absolute Gasteiger partial charge is 0.354 e. The van der Waals surface area contributed by atoms with Gasteiger partial charge in [-0.05, 0) is 30.5 Å². The molecule has 0 saturated heterocycles. The molecule has 1 fully saturated rings. The van der Waals surface area contributed by atoms with Gasteiger partial charge in [0, 0.05) is 17.5 Å². The van der Waals surface area contributed by atoms with Gasteiger partial charge in [-0.2, -0.15) is 19.2 Å². The Balaban J connectivity index is 1.67. The minimum atomic E-state index is -0.347. The van der Waals surface area contributed by atoms with Gasteiger partial charge in [0.05, 0.1) is 18.7 Å². The molecule has 148 valence electrons. The molecule has 3 aromatic heterocycles. The van der Waals surface area contributed by atoms with Crippen LogP contribution in [-0.4, -0.2) is 19.6 Å². The predicted molar refractivity (Wildman–Crippen MR) is 106 cm³/mol. The summed E-state index contributed by atoms with van der Waals surface area (Å²) in [5.41, 5.74) is 1.56. The van der Waals surface area contributed by atoms with Crippen LogP contribution in [0.1, 0.15) is 31.1 Å². The molecule has 0 unspecified atom stereocenters. The van der Waals surface area contributed by atoms with Crippen LogP contribution in [0.5, 0.6) is 5.88 Å². The molecule has 8 nitrogen and oxygen atoms in total. The first-order chi connectivity index (χ1) is 14.7. The average Bonchev–Trinajstić information content (AvgIpc) is 3.50. The van der Waals surface area contributed by atoms with Crippen LogP contribution in [-0.2, 0) is 6.54 Å². The van der Waals surface area contributed by atoms with Crippen molar-refractivity contribution >= 4 is 5.65 Å². The summed E-state index contributed by atoms with van der Waals surface area (Å²) in [6.07, 6.45) is 3.97. The summed E-state index contributed by atoms with van der Waals surface area (Å²) in [7, 11) is 0. The predicted octanol–water partition coefficient (Wildman–Crippen LogP) is 2.80. The maximum atomic E-state index is 13.2. The van der Waals surface area contributed by atoms with Crippen molar-refractivity contribution in [2.45, 2.75) is 31.7 Å². The highest BCUT2D eigenvalue weighted by Gasteiger charge is 2.30. The standard InChI is InChI=1S/C22H17N5O3/c23-10-4-12-27-17-7-1-2-11-26(17)21(28)18(22(27)29)15-5-3-6-16(13-15)19-24-20(30-25-19)14-8-9-14/h1-3,5-7,11,13-14H,4,8-9,12H2/p+1. The van der Waals surface area contributed by atoms with Gasteiger partial charge in [-0.25, -0.2) is 4.79 Å². The van der Waals surface area contributed by atoms with Gasteiger partial charge in [0.25, 0.3) is 11.5 Å². The molecular weight excluding hydrogens is 382 g/mol. The van der Waals surface area contributed by atoms with Crippen molar-refractivity contribution in [2.75, 3.05) is 0 Å². The van der Waals surface area contributed by atoms with E-state index in [1.54, 1.807) is 47.2 Å². The fourth-order valence-corrected chi connectivity index (χ4v) is 3.58. The highest BCUT2D eigenvalue weighted by molar-refractivity contribution is 5.72. The second kappa shape index (κ2) is 7.12. The number of rotatable bonds is 5. The third kappa shape index (κ3) is 3.01. The monoisotopic (exact) mass is 400 g/mol. The minimum Gasteiger partial charge on any atom is -0.477 e. The SMILES string of the molecule is N#CCC[n+]1c(O)c(-c2cccc(-c3noc(C4CC4)n3)c2)c(=O)n2ccccc21. The van der Waals surface area contributed by atoms with Crippen LogP contribution in [0.25, 0.3) is 28.2 Å². The Hall–Kier alpha value is -3.99. The minimum absolute atomic E-state index is 0.157. The van der Waals surface area contributed by atoms with Gasteiger partial charge >= 0.3 is 5.56 Å². The summed E-state index contributed by atoms with van der Waals surface area (Å²) >= 11 is 0. The first-order valence-corrected chi connectivity index (χ1v) is 9.75. The van der Waals surface area contributed by atoms with Gasteiger partial charge in [0.1, 0.15) is 6.54 Å². The molecule has 0 aliphatic heterocycles. The Bertz CT molecular complexity index is 1360. The van der Waals surface area contributed by atoms with E-state index >= 15 is 0 Å². The van der Waals surface area contributed by atoms with E-state index in [1.165, 1.54) is 4.40 Å². The lowest BCUT2D eigenvalue weighted by Crippen LogP contribution is -2.40. The van der Waals surface area contributed by atoms with Crippen LogP contribution in [0, 0.1) is 11.3 Å². The van der Waals surface area contributed by atoms with Crippen molar-refractivity contribution in [1.82, 2.24) is 14.5 Å². The van der Waals surface area contributed by atoms with E-state index in [2.05, 4.69) is 16.2 Å². The Morgan fingerprint density at radius 1 is 1.23 bits per heavy atom. The van der Waals surface area contributed by atoms with Gasteiger partial charge in [0.15, 0.2) is 5.56 Å². The zero-order valence-corrected chi connectivity index (χ0v) is 16.0. The van der Waals surface area contributed by atoms with Crippen LogP contribution in [0.15, 0.2) is 58.0 Å². The number of aryl methyl sites for hydroxylation is 1. The number of fused-ring (bicyclic) bond motifs is 1. The van der Waals surface area contributed by atoms with Crippen molar-refractivity contribution < 1.29 is 14.2 Å². The van der Waals surface area contributed by atoms with E-state index in [9.17, 15) is 9.90 Å². The van der Waals surface area contributed by atoms with E-state index in [-0.39, 0.29) is 30.0 Å². The summed E-state index contributed by atoms with van der Waals surface area (Å²) < 4.78 is 8.39. The number of aromatic hydroxyl groups is 1. The molecule has 1 aliphatic carbocycles. The maximum absolute atomic E-state index is 13.2. The van der Waals surface area contributed by atoms with Crippen LogP contribution in [0.2, 0.25) is 0 Å². The maximum Gasteiger partial charge on any atom is 0.354 e.